The Labute approximate surface area is 83.0 Å². The van der Waals surface area contributed by atoms with Crippen molar-refractivity contribution in [2.75, 3.05) is 11.9 Å². The normalized spacial score (nSPS) is 11.4. The van der Waals surface area contributed by atoms with E-state index in [0.717, 1.165) is 4.90 Å². The molecule has 0 aromatic heterocycles. The lowest BCUT2D eigenvalue weighted by Crippen LogP contribution is -2.47. The van der Waals surface area contributed by atoms with Crippen LogP contribution in [0, 0.1) is 0 Å². The van der Waals surface area contributed by atoms with Crippen molar-refractivity contribution in [3.63, 3.8) is 0 Å². The van der Waals surface area contributed by atoms with Crippen molar-refractivity contribution in [1.29, 1.82) is 0 Å². The van der Waals surface area contributed by atoms with Gasteiger partial charge in [0.2, 0.25) is 0 Å². The van der Waals surface area contributed by atoms with Gasteiger partial charge in [0.1, 0.15) is 0 Å². The SMILES string of the molecule is [B]C(O)(O)N(C)c1ccc(Cl)cc1. The summed E-state index contributed by atoms with van der Waals surface area (Å²) in [5.41, 5.74) is 0.567. The number of anilines is 1. The molecule has 0 unspecified atom stereocenters. The van der Waals surface area contributed by atoms with E-state index in [1.807, 2.05) is 0 Å². The van der Waals surface area contributed by atoms with Gasteiger partial charge in [-0.15, -0.1) is 0 Å². The van der Waals surface area contributed by atoms with Crippen LogP contribution in [0.2, 0.25) is 5.02 Å². The minimum Gasteiger partial charge on any atom is -0.358 e. The van der Waals surface area contributed by atoms with Gasteiger partial charge in [-0.25, -0.2) is 0 Å². The Hall–Kier alpha value is -0.705. The van der Waals surface area contributed by atoms with E-state index in [4.69, 9.17) is 29.7 Å². The molecule has 0 spiro atoms. The zero-order chi connectivity index (χ0) is 10.1. The van der Waals surface area contributed by atoms with Gasteiger partial charge in [-0.1, -0.05) is 11.6 Å². The van der Waals surface area contributed by atoms with Crippen LogP contribution in [0.25, 0.3) is 0 Å². The molecule has 0 aliphatic heterocycles. The number of benzene rings is 1. The van der Waals surface area contributed by atoms with Gasteiger partial charge in [0.15, 0.2) is 13.7 Å². The summed E-state index contributed by atoms with van der Waals surface area (Å²) in [4.78, 5) is 1.11. The van der Waals surface area contributed by atoms with E-state index in [-0.39, 0.29) is 0 Å². The second kappa shape index (κ2) is 3.58. The molecule has 1 aromatic carbocycles. The first kappa shape index (κ1) is 10.4. The summed E-state index contributed by atoms with van der Waals surface area (Å²) in [7, 11) is 6.51. The van der Waals surface area contributed by atoms with Crippen LogP contribution < -0.4 is 4.90 Å². The van der Waals surface area contributed by atoms with E-state index in [1.54, 1.807) is 24.3 Å². The number of nitrogens with zero attached hydrogens (tertiary/aromatic N) is 1. The number of rotatable bonds is 2. The van der Waals surface area contributed by atoms with E-state index in [1.165, 1.54) is 7.05 Å². The van der Waals surface area contributed by atoms with Crippen LogP contribution in [0.15, 0.2) is 24.3 Å². The van der Waals surface area contributed by atoms with Crippen molar-refractivity contribution in [3.8, 4) is 0 Å². The molecule has 5 heteroatoms. The largest absolute Gasteiger partial charge is 0.358 e. The second-order valence-electron chi connectivity index (χ2n) is 2.72. The van der Waals surface area contributed by atoms with E-state index < -0.39 is 5.81 Å². The summed E-state index contributed by atoms with van der Waals surface area (Å²) >= 11 is 5.66. The highest BCUT2D eigenvalue weighted by atomic mass is 35.5. The van der Waals surface area contributed by atoms with Gasteiger partial charge in [-0.05, 0) is 24.3 Å². The molecule has 2 N–H and O–H groups in total. The molecule has 0 saturated heterocycles. The Balaban J connectivity index is 2.90. The van der Waals surface area contributed by atoms with Gasteiger partial charge in [-0.2, -0.15) is 0 Å². The highest BCUT2D eigenvalue weighted by Gasteiger charge is 2.20. The monoisotopic (exact) mass is 197 g/mol. The van der Waals surface area contributed by atoms with E-state index >= 15 is 0 Å². The van der Waals surface area contributed by atoms with E-state index in [9.17, 15) is 0 Å². The zero-order valence-corrected chi connectivity index (χ0v) is 7.86. The standard InChI is InChI=1S/C8H9BClNO2/c1-11(8(9,12)13)7-4-2-6(10)3-5-7/h2-5,12-13H,1H3. The molecule has 0 amide bonds. The van der Waals surface area contributed by atoms with Crippen LogP contribution >= 0.6 is 11.6 Å². The van der Waals surface area contributed by atoms with Crippen molar-refractivity contribution < 1.29 is 10.2 Å². The van der Waals surface area contributed by atoms with Crippen molar-refractivity contribution in [2.45, 2.75) is 5.81 Å². The fourth-order valence-electron chi connectivity index (χ4n) is 0.855. The molecule has 0 aliphatic carbocycles. The van der Waals surface area contributed by atoms with Crippen LogP contribution in [-0.2, 0) is 0 Å². The molecular formula is C8H9BClNO2. The van der Waals surface area contributed by atoms with Gasteiger partial charge < -0.3 is 15.1 Å². The van der Waals surface area contributed by atoms with Gasteiger partial charge in [0.05, 0.1) is 0 Å². The molecule has 13 heavy (non-hydrogen) atoms. The lowest BCUT2D eigenvalue weighted by molar-refractivity contribution is -0.0820. The van der Waals surface area contributed by atoms with Crippen LogP contribution in [0.4, 0.5) is 5.69 Å². The lowest BCUT2D eigenvalue weighted by Gasteiger charge is -2.31. The average Bonchev–Trinajstić information content (AvgIpc) is 2.03. The highest BCUT2D eigenvalue weighted by Crippen LogP contribution is 2.19. The maximum absolute atomic E-state index is 9.04. The molecule has 1 rings (SSSR count). The summed E-state index contributed by atoms with van der Waals surface area (Å²) < 4.78 is 0. The molecule has 0 aliphatic rings. The van der Waals surface area contributed by atoms with Crippen LogP contribution in [-0.4, -0.2) is 30.9 Å². The average molecular weight is 197 g/mol. The first-order chi connectivity index (χ1) is 5.91. The Morgan fingerprint density at radius 2 is 1.77 bits per heavy atom. The fourth-order valence-corrected chi connectivity index (χ4v) is 0.981. The Bertz CT molecular complexity index is 283. The molecule has 0 heterocycles. The fraction of sp³-hybridized carbons (Fsp3) is 0.250. The van der Waals surface area contributed by atoms with Crippen molar-refractivity contribution in [3.05, 3.63) is 29.3 Å². The minimum absolute atomic E-state index is 0.567. The third-order valence-electron chi connectivity index (χ3n) is 1.71. The van der Waals surface area contributed by atoms with Crippen molar-refractivity contribution in [1.82, 2.24) is 0 Å². The third-order valence-corrected chi connectivity index (χ3v) is 1.96. The predicted molar refractivity (Wildman–Crippen MR) is 52.8 cm³/mol. The summed E-state index contributed by atoms with van der Waals surface area (Å²) in [6.45, 7) is 0. The number of aliphatic hydroxyl groups is 2. The molecule has 0 fully saturated rings. The van der Waals surface area contributed by atoms with Crippen LogP contribution in [0.1, 0.15) is 0 Å². The summed E-state index contributed by atoms with van der Waals surface area (Å²) in [6, 6.07) is 6.55. The lowest BCUT2D eigenvalue weighted by atomic mass is 10.0. The summed E-state index contributed by atoms with van der Waals surface area (Å²) in [5.74, 6) is -2.35. The third kappa shape index (κ3) is 2.62. The Morgan fingerprint density at radius 1 is 1.31 bits per heavy atom. The number of hydrogen-bond acceptors (Lipinski definition) is 3. The maximum Gasteiger partial charge on any atom is 0.188 e. The summed E-state index contributed by atoms with van der Waals surface area (Å²) in [6.07, 6.45) is 0. The molecule has 0 atom stereocenters. The first-order valence-corrected chi connectivity index (χ1v) is 4.02. The smallest absolute Gasteiger partial charge is 0.188 e. The first-order valence-electron chi connectivity index (χ1n) is 3.64. The predicted octanol–water partition coefficient (Wildman–Crippen LogP) is 0.541. The molecule has 0 saturated carbocycles. The van der Waals surface area contributed by atoms with E-state index in [2.05, 4.69) is 0 Å². The van der Waals surface area contributed by atoms with Crippen molar-refractivity contribution >= 4 is 25.1 Å². The molecular weight excluding hydrogens is 188 g/mol. The summed E-state index contributed by atoms with van der Waals surface area (Å²) in [5, 5.41) is 18.6. The van der Waals surface area contributed by atoms with Crippen LogP contribution in [0.5, 0.6) is 0 Å². The number of halogens is 1. The van der Waals surface area contributed by atoms with Crippen LogP contribution in [0.3, 0.4) is 0 Å². The zero-order valence-electron chi connectivity index (χ0n) is 7.11. The Morgan fingerprint density at radius 3 is 2.15 bits per heavy atom. The Kier molecular flexibility index (Phi) is 2.85. The second-order valence-corrected chi connectivity index (χ2v) is 3.16. The topological polar surface area (TPSA) is 43.7 Å². The molecule has 0 bridgehead atoms. The molecule has 3 nitrogen and oxygen atoms in total. The molecule has 1 aromatic rings. The number of hydrogen-bond donors (Lipinski definition) is 2. The maximum atomic E-state index is 9.04. The van der Waals surface area contributed by atoms with Crippen molar-refractivity contribution in [2.24, 2.45) is 0 Å². The van der Waals surface area contributed by atoms with Gasteiger partial charge in [-0.3, -0.25) is 0 Å². The molecule has 2 radical (unpaired) electrons. The van der Waals surface area contributed by atoms with Gasteiger partial charge in [0.25, 0.3) is 0 Å². The van der Waals surface area contributed by atoms with E-state index in [0.29, 0.717) is 10.7 Å². The quantitative estimate of drug-likeness (QED) is 0.537. The highest BCUT2D eigenvalue weighted by molar-refractivity contribution is 6.30. The minimum atomic E-state index is -2.35. The molecule has 68 valence electrons. The van der Waals surface area contributed by atoms with Gasteiger partial charge >= 0.3 is 0 Å². The van der Waals surface area contributed by atoms with Gasteiger partial charge in [0, 0.05) is 17.8 Å².